The normalized spacial score (nSPS) is 19.1. The molecule has 6 nitrogen and oxygen atoms in total. The van der Waals surface area contributed by atoms with E-state index >= 15 is 0 Å². The number of fused-ring (bicyclic) bond motifs is 1. The summed E-state index contributed by atoms with van der Waals surface area (Å²) < 4.78 is 20.4. The number of nitrogens with two attached hydrogens (primary N) is 1. The van der Waals surface area contributed by atoms with Gasteiger partial charge < -0.3 is 15.8 Å². The zero-order valence-corrected chi connectivity index (χ0v) is 13.7. The lowest BCUT2D eigenvalue weighted by Crippen LogP contribution is -2.28. The van der Waals surface area contributed by atoms with Crippen molar-refractivity contribution >= 4 is 11.9 Å². The number of aromatic nitrogens is 3. The smallest absolute Gasteiger partial charge is 0.241 e. The molecule has 0 fully saturated rings. The minimum atomic E-state index is -0.253. The fourth-order valence-corrected chi connectivity index (χ4v) is 3.23. The summed E-state index contributed by atoms with van der Waals surface area (Å²) in [7, 11) is 1.64. The Bertz CT molecular complexity index is 893. The van der Waals surface area contributed by atoms with E-state index in [1.54, 1.807) is 23.9 Å². The number of halogens is 1. The molecule has 0 aliphatic carbocycles. The summed E-state index contributed by atoms with van der Waals surface area (Å²) in [4.78, 5) is 4.28. The van der Waals surface area contributed by atoms with E-state index in [9.17, 15) is 4.39 Å². The zero-order chi connectivity index (χ0) is 17.4. The topological polar surface area (TPSA) is 78.0 Å². The van der Waals surface area contributed by atoms with Crippen molar-refractivity contribution in [2.24, 2.45) is 0 Å². The molecule has 3 aromatic rings. The van der Waals surface area contributed by atoms with Crippen LogP contribution >= 0.6 is 0 Å². The van der Waals surface area contributed by atoms with Crippen LogP contribution in [-0.2, 0) is 0 Å². The van der Waals surface area contributed by atoms with Crippen LogP contribution in [-0.4, -0.2) is 21.9 Å². The van der Waals surface area contributed by atoms with Gasteiger partial charge in [-0.05, 0) is 41.8 Å². The number of rotatable bonds is 3. The van der Waals surface area contributed by atoms with Gasteiger partial charge in [-0.1, -0.05) is 24.3 Å². The number of nitrogen functional groups attached to an aromatic ring is 1. The molecular formula is C18H18FN5O. The van der Waals surface area contributed by atoms with Gasteiger partial charge in [0.25, 0.3) is 0 Å². The van der Waals surface area contributed by atoms with Crippen molar-refractivity contribution in [3.63, 3.8) is 0 Å². The molecular weight excluding hydrogens is 321 g/mol. The predicted octanol–water partition coefficient (Wildman–Crippen LogP) is 3.15. The van der Waals surface area contributed by atoms with E-state index in [1.165, 1.54) is 12.1 Å². The molecule has 2 heterocycles. The highest BCUT2D eigenvalue weighted by Gasteiger charge is 2.31. The molecule has 3 N–H and O–H groups in total. The Kier molecular flexibility index (Phi) is 3.76. The molecule has 128 valence electrons. The minimum absolute atomic E-state index is 0.0205. The standard InChI is InChI=1S/C18H18FN5O/c1-25-14-4-2-3-12(9-14)16-10-15(11-5-7-13(19)8-6-11)21-18-22-17(20)23-24(16)18/h2-9,15-16H,10H2,1H3,(H3,20,21,22,23)/t15-,16+/m1/s1. The highest BCUT2D eigenvalue weighted by atomic mass is 19.1. The summed E-state index contributed by atoms with van der Waals surface area (Å²) in [6, 6.07) is 14.3. The summed E-state index contributed by atoms with van der Waals surface area (Å²) in [6.07, 6.45) is 0.731. The van der Waals surface area contributed by atoms with Gasteiger partial charge in [0.15, 0.2) is 0 Å². The predicted molar refractivity (Wildman–Crippen MR) is 92.9 cm³/mol. The maximum atomic E-state index is 13.2. The van der Waals surface area contributed by atoms with Crippen molar-refractivity contribution in [3.8, 4) is 5.75 Å². The number of anilines is 2. The Morgan fingerprint density at radius 2 is 2.00 bits per heavy atom. The first-order valence-corrected chi connectivity index (χ1v) is 8.02. The van der Waals surface area contributed by atoms with Crippen LogP contribution in [0.3, 0.4) is 0 Å². The summed E-state index contributed by atoms with van der Waals surface area (Å²) in [5.74, 6) is 1.35. The third-order valence-corrected chi connectivity index (χ3v) is 4.46. The molecule has 0 saturated heterocycles. The van der Waals surface area contributed by atoms with Gasteiger partial charge in [0.05, 0.1) is 19.2 Å². The fraction of sp³-hybridized carbons (Fsp3) is 0.222. The Hall–Kier alpha value is -3.09. The van der Waals surface area contributed by atoms with Gasteiger partial charge >= 0.3 is 0 Å². The van der Waals surface area contributed by atoms with Gasteiger partial charge in [-0.3, -0.25) is 0 Å². The number of hydrogen-bond acceptors (Lipinski definition) is 5. The third-order valence-electron chi connectivity index (χ3n) is 4.46. The van der Waals surface area contributed by atoms with Gasteiger partial charge in [0.2, 0.25) is 11.9 Å². The highest BCUT2D eigenvalue weighted by Crippen LogP contribution is 2.38. The molecule has 0 saturated carbocycles. The lowest BCUT2D eigenvalue weighted by atomic mass is 9.93. The Labute approximate surface area is 144 Å². The van der Waals surface area contributed by atoms with Crippen LogP contribution in [0, 0.1) is 5.82 Å². The van der Waals surface area contributed by atoms with Gasteiger partial charge in [0.1, 0.15) is 11.6 Å². The molecule has 7 heteroatoms. The monoisotopic (exact) mass is 339 g/mol. The zero-order valence-electron chi connectivity index (χ0n) is 13.7. The van der Waals surface area contributed by atoms with Crippen LogP contribution in [0.5, 0.6) is 5.75 Å². The van der Waals surface area contributed by atoms with E-state index in [0.717, 1.165) is 23.3 Å². The largest absolute Gasteiger partial charge is 0.497 e. The van der Waals surface area contributed by atoms with Gasteiger partial charge in [-0.2, -0.15) is 4.98 Å². The molecule has 0 radical (unpaired) electrons. The van der Waals surface area contributed by atoms with Gasteiger partial charge in [0, 0.05) is 0 Å². The van der Waals surface area contributed by atoms with Crippen molar-refractivity contribution in [2.75, 3.05) is 18.2 Å². The average Bonchev–Trinajstić information content (AvgIpc) is 3.01. The highest BCUT2D eigenvalue weighted by molar-refractivity contribution is 5.42. The molecule has 2 aromatic carbocycles. The van der Waals surface area contributed by atoms with Crippen molar-refractivity contribution in [3.05, 3.63) is 65.5 Å². The van der Waals surface area contributed by atoms with Crippen LogP contribution in [0.25, 0.3) is 0 Å². The van der Waals surface area contributed by atoms with E-state index < -0.39 is 0 Å². The SMILES string of the molecule is COc1cccc([C@@H]2C[C@H](c3ccc(F)cc3)Nc3nc(N)nn32)c1. The third kappa shape index (κ3) is 2.88. The molecule has 0 amide bonds. The molecule has 25 heavy (non-hydrogen) atoms. The maximum Gasteiger partial charge on any atom is 0.241 e. The first-order valence-electron chi connectivity index (χ1n) is 8.02. The molecule has 0 unspecified atom stereocenters. The Morgan fingerprint density at radius 3 is 2.76 bits per heavy atom. The first-order chi connectivity index (χ1) is 12.1. The lowest BCUT2D eigenvalue weighted by molar-refractivity contribution is 0.406. The number of ether oxygens (including phenoxy) is 1. The minimum Gasteiger partial charge on any atom is -0.497 e. The summed E-state index contributed by atoms with van der Waals surface area (Å²) in [5, 5.41) is 7.66. The maximum absolute atomic E-state index is 13.2. The summed E-state index contributed by atoms with van der Waals surface area (Å²) >= 11 is 0. The van der Waals surface area contributed by atoms with E-state index in [0.29, 0.717) is 5.95 Å². The molecule has 1 aliphatic heterocycles. The second-order valence-electron chi connectivity index (χ2n) is 6.01. The quantitative estimate of drug-likeness (QED) is 0.766. The van der Waals surface area contributed by atoms with Gasteiger partial charge in [-0.25, -0.2) is 9.07 Å². The molecule has 1 aliphatic rings. The molecule has 1 aromatic heterocycles. The second-order valence-corrected chi connectivity index (χ2v) is 6.01. The number of benzene rings is 2. The fourth-order valence-electron chi connectivity index (χ4n) is 3.23. The molecule has 0 spiro atoms. The lowest BCUT2D eigenvalue weighted by Gasteiger charge is -2.31. The van der Waals surface area contributed by atoms with Crippen molar-refractivity contribution < 1.29 is 9.13 Å². The van der Waals surface area contributed by atoms with E-state index in [4.69, 9.17) is 10.5 Å². The van der Waals surface area contributed by atoms with Crippen molar-refractivity contribution in [1.29, 1.82) is 0 Å². The van der Waals surface area contributed by atoms with Crippen LogP contribution in [0.15, 0.2) is 48.5 Å². The molecule has 0 bridgehead atoms. The van der Waals surface area contributed by atoms with Gasteiger partial charge in [-0.15, -0.1) is 5.10 Å². The number of nitrogens with zero attached hydrogens (tertiary/aromatic N) is 3. The first kappa shape index (κ1) is 15.4. The van der Waals surface area contributed by atoms with E-state index in [-0.39, 0.29) is 23.8 Å². The van der Waals surface area contributed by atoms with Crippen molar-refractivity contribution in [2.45, 2.75) is 18.5 Å². The molecule has 4 rings (SSSR count). The van der Waals surface area contributed by atoms with Crippen molar-refractivity contribution in [1.82, 2.24) is 14.8 Å². The molecule has 2 atom stereocenters. The number of methoxy groups -OCH3 is 1. The van der Waals surface area contributed by atoms with Crippen LogP contribution in [0.1, 0.15) is 29.6 Å². The van der Waals surface area contributed by atoms with Crippen LogP contribution < -0.4 is 15.8 Å². The summed E-state index contributed by atoms with van der Waals surface area (Å²) in [5.41, 5.74) is 7.84. The Morgan fingerprint density at radius 1 is 1.20 bits per heavy atom. The van der Waals surface area contributed by atoms with Crippen LogP contribution in [0.2, 0.25) is 0 Å². The van der Waals surface area contributed by atoms with E-state index in [2.05, 4.69) is 15.4 Å². The second kappa shape index (κ2) is 6.08. The summed E-state index contributed by atoms with van der Waals surface area (Å²) in [6.45, 7) is 0. The average molecular weight is 339 g/mol. The Balaban J connectivity index is 1.75. The van der Waals surface area contributed by atoms with Crippen LogP contribution in [0.4, 0.5) is 16.3 Å². The number of nitrogens with one attached hydrogen (secondary N) is 1. The number of hydrogen-bond donors (Lipinski definition) is 2. The van der Waals surface area contributed by atoms with E-state index in [1.807, 2.05) is 24.3 Å².